The SMILES string of the molecule is CCC(C)NC(C(N)=O)c1ccc(C)nc1. The Morgan fingerprint density at radius 2 is 2.25 bits per heavy atom. The molecule has 1 amide bonds. The third kappa shape index (κ3) is 3.31. The molecule has 0 saturated heterocycles. The summed E-state index contributed by atoms with van der Waals surface area (Å²) in [6.07, 6.45) is 2.64. The van der Waals surface area contributed by atoms with Crippen LogP contribution < -0.4 is 11.1 Å². The summed E-state index contributed by atoms with van der Waals surface area (Å²) in [5, 5.41) is 3.19. The number of hydrogen-bond donors (Lipinski definition) is 2. The summed E-state index contributed by atoms with van der Waals surface area (Å²) in [5.74, 6) is -0.369. The second-order valence-corrected chi connectivity index (χ2v) is 4.04. The Bertz CT molecular complexity index is 348. The number of carbonyl (C=O) groups excluding carboxylic acids is 1. The number of nitrogens with zero attached hydrogens (tertiary/aromatic N) is 1. The predicted octanol–water partition coefficient (Wildman–Crippen LogP) is 1.30. The van der Waals surface area contributed by atoms with Crippen LogP contribution in [0.15, 0.2) is 18.3 Å². The summed E-state index contributed by atoms with van der Waals surface area (Å²) >= 11 is 0. The lowest BCUT2D eigenvalue weighted by Crippen LogP contribution is -2.38. The van der Waals surface area contributed by atoms with E-state index >= 15 is 0 Å². The molecule has 1 aromatic heterocycles. The van der Waals surface area contributed by atoms with Crippen molar-refractivity contribution in [3.63, 3.8) is 0 Å². The van der Waals surface area contributed by atoms with Crippen molar-refractivity contribution in [3.05, 3.63) is 29.6 Å². The molecule has 0 bridgehead atoms. The van der Waals surface area contributed by atoms with Crippen molar-refractivity contribution in [1.82, 2.24) is 10.3 Å². The average molecular weight is 221 g/mol. The van der Waals surface area contributed by atoms with Gasteiger partial charge in [0, 0.05) is 17.9 Å². The molecule has 0 fully saturated rings. The first-order valence-electron chi connectivity index (χ1n) is 5.52. The first-order valence-corrected chi connectivity index (χ1v) is 5.52. The van der Waals surface area contributed by atoms with E-state index in [2.05, 4.69) is 17.2 Å². The van der Waals surface area contributed by atoms with E-state index in [9.17, 15) is 4.79 Å². The highest BCUT2D eigenvalue weighted by molar-refractivity contribution is 5.81. The van der Waals surface area contributed by atoms with Gasteiger partial charge in [-0.2, -0.15) is 0 Å². The van der Waals surface area contributed by atoms with Crippen LogP contribution in [0.3, 0.4) is 0 Å². The van der Waals surface area contributed by atoms with E-state index in [1.165, 1.54) is 0 Å². The first kappa shape index (κ1) is 12.6. The van der Waals surface area contributed by atoms with E-state index in [-0.39, 0.29) is 11.9 Å². The van der Waals surface area contributed by atoms with Gasteiger partial charge in [0.1, 0.15) is 6.04 Å². The third-order valence-corrected chi connectivity index (χ3v) is 2.62. The number of amides is 1. The fraction of sp³-hybridized carbons (Fsp3) is 0.500. The normalized spacial score (nSPS) is 14.4. The van der Waals surface area contributed by atoms with Gasteiger partial charge in [0.15, 0.2) is 0 Å². The van der Waals surface area contributed by atoms with Crippen molar-refractivity contribution >= 4 is 5.91 Å². The van der Waals surface area contributed by atoms with Gasteiger partial charge in [-0.25, -0.2) is 0 Å². The molecule has 0 aromatic carbocycles. The minimum atomic E-state index is -0.456. The van der Waals surface area contributed by atoms with Gasteiger partial charge in [0.05, 0.1) is 0 Å². The van der Waals surface area contributed by atoms with Gasteiger partial charge in [0.2, 0.25) is 5.91 Å². The van der Waals surface area contributed by atoms with Crippen molar-refractivity contribution in [2.24, 2.45) is 5.73 Å². The van der Waals surface area contributed by atoms with E-state index in [0.717, 1.165) is 17.7 Å². The molecule has 3 N–H and O–H groups in total. The van der Waals surface area contributed by atoms with Crippen molar-refractivity contribution in [2.45, 2.75) is 39.3 Å². The summed E-state index contributed by atoms with van der Waals surface area (Å²) < 4.78 is 0. The summed E-state index contributed by atoms with van der Waals surface area (Å²) in [6.45, 7) is 5.99. The zero-order chi connectivity index (χ0) is 12.1. The third-order valence-electron chi connectivity index (χ3n) is 2.62. The zero-order valence-corrected chi connectivity index (χ0v) is 10.0. The molecule has 1 heterocycles. The zero-order valence-electron chi connectivity index (χ0n) is 10.0. The van der Waals surface area contributed by atoms with Crippen LogP contribution in [0.5, 0.6) is 0 Å². The summed E-state index contributed by atoms with van der Waals surface area (Å²) in [7, 11) is 0. The highest BCUT2D eigenvalue weighted by Crippen LogP contribution is 2.13. The number of hydrogen-bond acceptors (Lipinski definition) is 3. The fourth-order valence-corrected chi connectivity index (χ4v) is 1.39. The molecule has 1 aromatic rings. The molecule has 1 rings (SSSR count). The maximum Gasteiger partial charge on any atom is 0.239 e. The van der Waals surface area contributed by atoms with E-state index in [1.54, 1.807) is 6.20 Å². The molecular formula is C12H19N3O. The summed E-state index contributed by atoms with van der Waals surface area (Å²) in [4.78, 5) is 15.5. The standard InChI is InChI=1S/C12H19N3O/c1-4-8(2)15-11(12(13)16)10-6-5-9(3)14-7-10/h5-8,11,15H,4H2,1-3H3,(H2,13,16). The number of nitrogens with one attached hydrogen (secondary N) is 1. The topological polar surface area (TPSA) is 68.0 Å². The molecule has 2 unspecified atom stereocenters. The van der Waals surface area contributed by atoms with E-state index in [0.29, 0.717) is 0 Å². The molecule has 88 valence electrons. The number of rotatable bonds is 5. The van der Waals surface area contributed by atoms with Crippen LogP contribution in [-0.4, -0.2) is 16.9 Å². The van der Waals surface area contributed by atoms with Gasteiger partial charge >= 0.3 is 0 Å². The first-order chi connectivity index (χ1) is 7.54. The molecule has 0 spiro atoms. The van der Waals surface area contributed by atoms with Gasteiger partial charge in [-0.05, 0) is 31.9 Å². The lowest BCUT2D eigenvalue weighted by Gasteiger charge is -2.20. The number of aromatic nitrogens is 1. The minimum absolute atomic E-state index is 0.249. The number of aryl methyl sites for hydroxylation is 1. The number of nitrogens with two attached hydrogens (primary N) is 1. The van der Waals surface area contributed by atoms with Gasteiger partial charge < -0.3 is 5.73 Å². The summed E-state index contributed by atoms with van der Waals surface area (Å²) in [5.41, 5.74) is 7.12. The Balaban J connectivity index is 2.85. The monoisotopic (exact) mass is 221 g/mol. The number of pyridine rings is 1. The Labute approximate surface area is 96.3 Å². The van der Waals surface area contributed by atoms with Crippen molar-refractivity contribution in [3.8, 4) is 0 Å². The number of primary amides is 1. The lowest BCUT2D eigenvalue weighted by molar-refractivity contribution is -0.120. The molecule has 16 heavy (non-hydrogen) atoms. The van der Waals surface area contributed by atoms with Crippen LogP contribution in [0.25, 0.3) is 0 Å². The van der Waals surface area contributed by atoms with Crippen LogP contribution in [0, 0.1) is 6.92 Å². The largest absolute Gasteiger partial charge is 0.368 e. The van der Waals surface area contributed by atoms with E-state index in [4.69, 9.17) is 5.73 Å². The van der Waals surface area contributed by atoms with Crippen molar-refractivity contribution in [1.29, 1.82) is 0 Å². The Hall–Kier alpha value is -1.42. The maximum atomic E-state index is 11.4. The molecule has 0 radical (unpaired) electrons. The molecule has 4 heteroatoms. The molecule has 0 aliphatic heterocycles. The lowest BCUT2D eigenvalue weighted by atomic mass is 10.1. The van der Waals surface area contributed by atoms with E-state index in [1.807, 2.05) is 26.0 Å². The Morgan fingerprint density at radius 1 is 1.56 bits per heavy atom. The van der Waals surface area contributed by atoms with Gasteiger partial charge in [-0.3, -0.25) is 15.1 Å². The van der Waals surface area contributed by atoms with Gasteiger partial charge in [-0.1, -0.05) is 13.0 Å². The number of carbonyl (C=O) groups is 1. The van der Waals surface area contributed by atoms with Crippen molar-refractivity contribution < 1.29 is 4.79 Å². The summed E-state index contributed by atoms with van der Waals surface area (Å²) in [6, 6.07) is 3.55. The predicted molar refractivity (Wildman–Crippen MR) is 63.8 cm³/mol. The van der Waals surface area contributed by atoms with E-state index < -0.39 is 6.04 Å². The second kappa shape index (κ2) is 5.61. The molecule has 4 nitrogen and oxygen atoms in total. The van der Waals surface area contributed by atoms with Crippen LogP contribution in [0.2, 0.25) is 0 Å². The smallest absolute Gasteiger partial charge is 0.239 e. The van der Waals surface area contributed by atoms with Gasteiger partial charge in [-0.15, -0.1) is 0 Å². The molecular weight excluding hydrogens is 202 g/mol. The minimum Gasteiger partial charge on any atom is -0.368 e. The molecule has 0 aliphatic carbocycles. The van der Waals surface area contributed by atoms with Crippen LogP contribution in [0.1, 0.15) is 37.6 Å². The highest BCUT2D eigenvalue weighted by Gasteiger charge is 2.19. The average Bonchev–Trinajstić information content (AvgIpc) is 2.26. The molecule has 2 atom stereocenters. The Kier molecular flexibility index (Phi) is 4.43. The van der Waals surface area contributed by atoms with Crippen LogP contribution >= 0.6 is 0 Å². The second-order valence-electron chi connectivity index (χ2n) is 4.04. The molecule has 0 aliphatic rings. The van der Waals surface area contributed by atoms with Crippen LogP contribution in [-0.2, 0) is 4.79 Å². The maximum absolute atomic E-state index is 11.4. The van der Waals surface area contributed by atoms with Gasteiger partial charge in [0.25, 0.3) is 0 Å². The quantitative estimate of drug-likeness (QED) is 0.787. The highest BCUT2D eigenvalue weighted by atomic mass is 16.1. The Morgan fingerprint density at radius 3 is 2.69 bits per heavy atom. The van der Waals surface area contributed by atoms with Crippen molar-refractivity contribution in [2.75, 3.05) is 0 Å². The molecule has 0 saturated carbocycles. The fourth-order valence-electron chi connectivity index (χ4n) is 1.39. The van der Waals surface area contributed by atoms with Crippen LogP contribution in [0.4, 0.5) is 0 Å².